The molecule has 30 heavy (non-hydrogen) atoms. The number of piperazine rings is 1. The SMILES string of the molecule is CCc1ccc(NC2NNNC2C(=O)N2CCN(c3cc(C)ccc3C)CC2)cc1. The topological polar surface area (TPSA) is 71.7 Å². The molecule has 0 aromatic heterocycles. The molecule has 2 aliphatic rings. The normalized spacial score (nSPS) is 21.7. The van der Waals surface area contributed by atoms with Crippen molar-refractivity contribution in [1.29, 1.82) is 0 Å². The molecule has 160 valence electrons. The van der Waals surface area contributed by atoms with Gasteiger partial charge in [-0.05, 0) is 55.2 Å². The molecular formula is C23H32N6O. The highest BCUT2D eigenvalue weighted by Gasteiger charge is 2.36. The molecule has 2 atom stereocenters. The standard InChI is InChI=1S/C23H32N6O/c1-4-18-7-9-19(10-8-18)24-22-21(25-27-26-22)23(30)29-13-11-28(12-14-29)20-15-16(2)5-6-17(20)3/h5-10,15,21-22,24-27H,4,11-14H2,1-3H3. The summed E-state index contributed by atoms with van der Waals surface area (Å²) in [6, 6.07) is 14.5. The Kier molecular flexibility index (Phi) is 6.22. The Morgan fingerprint density at radius 1 is 1.03 bits per heavy atom. The lowest BCUT2D eigenvalue weighted by Crippen LogP contribution is -2.57. The van der Waals surface area contributed by atoms with E-state index in [2.05, 4.69) is 89.8 Å². The quantitative estimate of drug-likeness (QED) is 0.606. The van der Waals surface area contributed by atoms with Crippen LogP contribution in [0.3, 0.4) is 0 Å². The number of amides is 1. The summed E-state index contributed by atoms with van der Waals surface area (Å²) in [5.74, 6) is 0.107. The first-order valence-corrected chi connectivity index (χ1v) is 10.8. The van der Waals surface area contributed by atoms with Crippen LogP contribution in [0.15, 0.2) is 42.5 Å². The lowest BCUT2D eigenvalue weighted by Gasteiger charge is -2.38. The molecule has 2 fully saturated rings. The number of carbonyl (C=O) groups excluding carboxylic acids is 1. The lowest BCUT2D eigenvalue weighted by molar-refractivity contribution is -0.133. The monoisotopic (exact) mass is 408 g/mol. The van der Waals surface area contributed by atoms with Crippen molar-refractivity contribution in [3.63, 3.8) is 0 Å². The van der Waals surface area contributed by atoms with Crippen LogP contribution >= 0.6 is 0 Å². The summed E-state index contributed by atoms with van der Waals surface area (Å²) in [4.78, 5) is 17.5. The number of anilines is 2. The average molecular weight is 409 g/mol. The van der Waals surface area contributed by atoms with Crippen LogP contribution in [-0.4, -0.2) is 49.2 Å². The van der Waals surface area contributed by atoms with Crippen LogP contribution in [0.1, 0.15) is 23.6 Å². The van der Waals surface area contributed by atoms with Crippen LogP contribution in [-0.2, 0) is 11.2 Å². The Labute approximate surface area is 178 Å². The molecule has 2 heterocycles. The fourth-order valence-corrected chi connectivity index (χ4v) is 4.13. The molecule has 7 heteroatoms. The van der Waals surface area contributed by atoms with Crippen molar-refractivity contribution in [3.05, 3.63) is 59.2 Å². The van der Waals surface area contributed by atoms with E-state index in [1.165, 1.54) is 22.4 Å². The van der Waals surface area contributed by atoms with Gasteiger partial charge in [0.15, 0.2) is 0 Å². The van der Waals surface area contributed by atoms with Crippen molar-refractivity contribution in [2.75, 3.05) is 36.4 Å². The summed E-state index contributed by atoms with van der Waals surface area (Å²) < 4.78 is 0. The first-order chi connectivity index (χ1) is 14.5. The Morgan fingerprint density at radius 3 is 2.47 bits per heavy atom. The van der Waals surface area contributed by atoms with Crippen LogP contribution in [0.5, 0.6) is 0 Å². The molecule has 0 bridgehead atoms. The second-order valence-electron chi connectivity index (χ2n) is 8.17. The van der Waals surface area contributed by atoms with Gasteiger partial charge in [-0.1, -0.05) is 31.2 Å². The molecule has 2 saturated heterocycles. The van der Waals surface area contributed by atoms with Crippen molar-refractivity contribution < 1.29 is 4.79 Å². The van der Waals surface area contributed by atoms with E-state index < -0.39 is 0 Å². The van der Waals surface area contributed by atoms with Crippen LogP contribution < -0.4 is 26.6 Å². The number of hydrazine groups is 2. The smallest absolute Gasteiger partial charge is 0.244 e. The molecule has 0 aliphatic carbocycles. The maximum atomic E-state index is 13.2. The largest absolute Gasteiger partial charge is 0.368 e. The summed E-state index contributed by atoms with van der Waals surface area (Å²) in [6.45, 7) is 9.56. The van der Waals surface area contributed by atoms with E-state index in [9.17, 15) is 4.79 Å². The van der Waals surface area contributed by atoms with E-state index in [-0.39, 0.29) is 18.1 Å². The van der Waals surface area contributed by atoms with E-state index in [0.717, 1.165) is 38.3 Å². The third-order valence-corrected chi connectivity index (χ3v) is 6.04. The second-order valence-corrected chi connectivity index (χ2v) is 8.17. The van der Waals surface area contributed by atoms with Gasteiger partial charge in [0.2, 0.25) is 5.91 Å². The number of nitrogens with zero attached hydrogens (tertiary/aromatic N) is 2. The van der Waals surface area contributed by atoms with Gasteiger partial charge in [-0.25, -0.2) is 10.9 Å². The van der Waals surface area contributed by atoms with Crippen molar-refractivity contribution in [3.8, 4) is 0 Å². The molecule has 4 N–H and O–H groups in total. The third-order valence-electron chi connectivity index (χ3n) is 6.04. The van der Waals surface area contributed by atoms with Crippen molar-refractivity contribution in [1.82, 2.24) is 21.3 Å². The van der Waals surface area contributed by atoms with Gasteiger partial charge in [-0.2, -0.15) is 5.53 Å². The molecule has 4 rings (SSSR count). The van der Waals surface area contributed by atoms with E-state index in [4.69, 9.17) is 0 Å². The molecule has 2 aromatic rings. The number of hydrogen-bond acceptors (Lipinski definition) is 6. The minimum atomic E-state index is -0.372. The summed E-state index contributed by atoms with van der Waals surface area (Å²) in [5.41, 5.74) is 15.2. The Morgan fingerprint density at radius 2 is 1.77 bits per heavy atom. The molecule has 0 radical (unpaired) electrons. The molecule has 2 unspecified atom stereocenters. The van der Waals surface area contributed by atoms with Crippen molar-refractivity contribution in [2.45, 2.75) is 39.4 Å². The number of rotatable bonds is 5. The van der Waals surface area contributed by atoms with Gasteiger partial charge in [0, 0.05) is 37.6 Å². The van der Waals surface area contributed by atoms with E-state index in [1.54, 1.807) is 0 Å². The van der Waals surface area contributed by atoms with Gasteiger partial charge in [-0.3, -0.25) is 4.79 Å². The zero-order valence-electron chi connectivity index (χ0n) is 18.0. The fraction of sp³-hybridized carbons (Fsp3) is 0.435. The lowest BCUT2D eigenvalue weighted by atomic mass is 10.1. The van der Waals surface area contributed by atoms with Gasteiger partial charge in [0.05, 0.1) is 0 Å². The molecule has 2 aromatic carbocycles. The van der Waals surface area contributed by atoms with Crippen LogP contribution in [0.4, 0.5) is 11.4 Å². The van der Waals surface area contributed by atoms with E-state index in [0.29, 0.717) is 0 Å². The van der Waals surface area contributed by atoms with E-state index >= 15 is 0 Å². The second kappa shape index (κ2) is 9.04. The highest BCUT2D eigenvalue weighted by atomic mass is 16.2. The van der Waals surface area contributed by atoms with Gasteiger partial charge < -0.3 is 15.1 Å². The predicted octanol–water partition coefficient (Wildman–Crippen LogP) is 1.93. The Bertz CT molecular complexity index is 876. The Balaban J connectivity index is 1.36. The van der Waals surface area contributed by atoms with Crippen LogP contribution in [0.2, 0.25) is 0 Å². The molecule has 1 amide bonds. The van der Waals surface area contributed by atoms with Crippen LogP contribution in [0.25, 0.3) is 0 Å². The molecule has 0 saturated carbocycles. The predicted molar refractivity (Wildman–Crippen MR) is 121 cm³/mol. The first-order valence-electron chi connectivity index (χ1n) is 10.8. The fourth-order valence-electron chi connectivity index (χ4n) is 4.13. The first kappa shape index (κ1) is 20.7. The van der Waals surface area contributed by atoms with Crippen molar-refractivity contribution in [2.24, 2.45) is 0 Å². The maximum absolute atomic E-state index is 13.2. The van der Waals surface area contributed by atoms with Crippen LogP contribution in [0, 0.1) is 13.8 Å². The number of benzene rings is 2. The number of carbonyl (C=O) groups is 1. The zero-order valence-corrected chi connectivity index (χ0v) is 18.0. The molecule has 2 aliphatic heterocycles. The summed E-state index contributed by atoms with van der Waals surface area (Å²) >= 11 is 0. The summed E-state index contributed by atoms with van der Waals surface area (Å²) in [5, 5.41) is 3.42. The minimum absolute atomic E-state index is 0.107. The highest BCUT2D eigenvalue weighted by Crippen LogP contribution is 2.23. The summed E-state index contributed by atoms with van der Waals surface area (Å²) in [7, 11) is 0. The van der Waals surface area contributed by atoms with Gasteiger partial charge in [0.25, 0.3) is 0 Å². The van der Waals surface area contributed by atoms with E-state index in [1.807, 2.05) is 4.90 Å². The summed E-state index contributed by atoms with van der Waals surface area (Å²) in [6.07, 6.45) is 0.794. The number of nitrogens with one attached hydrogen (secondary N) is 4. The van der Waals surface area contributed by atoms with Gasteiger partial charge in [-0.15, -0.1) is 0 Å². The average Bonchev–Trinajstić information content (AvgIpc) is 3.23. The highest BCUT2D eigenvalue weighted by molar-refractivity contribution is 5.83. The molecule has 7 nitrogen and oxygen atoms in total. The van der Waals surface area contributed by atoms with Crippen molar-refractivity contribution >= 4 is 17.3 Å². The number of hydrogen-bond donors (Lipinski definition) is 4. The number of aryl methyl sites for hydroxylation is 3. The maximum Gasteiger partial charge on any atom is 0.244 e. The van der Waals surface area contributed by atoms with Gasteiger partial charge >= 0.3 is 0 Å². The molecule has 0 spiro atoms. The molecular weight excluding hydrogens is 376 g/mol. The Hall–Kier alpha value is -2.61. The minimum Gasteiger partial charge on any atom is -0.368 e. The van der Waals surface area contributed by atoms with Gasteiger partial charge in [0.1, 0.15) is 12.2 Å². The zero-order chi connectivity index (χ0) is 21.1. The third kappa shape index (κ3) is 4.43.